The van der Waals surface area contributed by atoms with Crippen molar-refractivity contribution in [2.75, 3.05) is 25.0 Å². The Balaban J connectivity index is 1.96. The van der Waals surface area contributed by atoms with Crippen molar-refractivity contribution in [3.05, 3.63) is 18.3 Å². The molecule has 3 heteroatoms. The zero-order valence-corrected chi connectivity index (χ0v) is 8.09. The molecule has 1 fully saturated rings. The van der Waals surface area contributed by atoms with Gasteiger partial charge in [-0.3, -0.25) is 0 Å². The number of hydrogen-bond donors (Lipinski definition) is 2. The summed E-state index contributed by atoms with van der Waals surface area (Å²) in [6, 6.07) is 4.11. The van der Waals surface area contributed by atoms with Gasteiger partial charge in [-0.1, -0.05) is 0 Å². The molecule has 0 aromatic carbocycles. The van der Waals surface area contributed by atoms with Crippen LogP contribution in [0.4, 0.5) is 5.82 Å². The van der Waals surface area contributed by atoms with Gasteiger partial charge in [0, 0.05) is 25.2 Å². The van der Waals surface area contributed by atoms with Crippen molar-refractivity contribution in [1.29, 1.82) is 0 Å². The van der Waals surface area contributed by atoms with Crippen LogP contribution in [0.3, 0.4) is 0 Å². The Kier molecular flexibility index (Phi) is 2.04. The van der Waals surface area contributed by atoms with Crippen LogP contribution in [0.2, 0.25) is 0 Å². The zero-order valence-electron chi connectivity index (χ0n) is 8.09. The Morgan fingerprint density at radius 1 is 1.62 bits per heavy atom. The normalized spacial score (nSPS) is 18.6. The molecule has 72 valence electrons. The van der Waals surface area contributed by atoms with Gasteiger partial charge < -0.3 is 15.6 Å². The highest BCUT2D eigenvalue weighted by Crippen LogP contribution is 2.45. The fraction of sp³-hybridized carbons (Fsp3) is 0.600. The van der Waals surface area contributed by atoms with Crippen LogP contribution in [0.25, 0.3) is 0 Å². The molecule has 0 bridgehead atoms. The van der Waals surface area contributed by atoms with Gasteiger partial charge in [-0.25, -0.2) is 0 Å². The van der Waals surface area contributed by atoms with Crippen molar-refractivity contribution in [3.8, 4) is 0 Å². The van der Waals surface area contributed by atoms with E-state index in [4.69, 9.17) is 5.73 Å². The van der Waals surface area contributed by atoms with Crippen molar-refractivity contribution in [2.24, 2.45) is 11.1 Å². The number of aromatic nitrogens is 1. The average Bonchev–Trinajstić information content (AvgIpc) is 2.69. The largest absolute Gasteiger partial charge is 0.361 e. The van der Waals surface area contributed by atoms with Gasteiger partial charge in [0.05, 0.1) is 0 Å². The van der Waals surface area contributed by atoms with Crippen molar-refractivity contribution >= 4 is 5.82 Å². The Labute approximate surface area is 78.9 Å². The first-order valence-corrected chi connectivity index (χ1v) is 4.80. The molecule has 1 heterocycles. The Morgan fingerprint density at radius 2 is 2.38 bits per heavy atom. The van der Waals surface area contributed by atoms with Crippen LogP contribution in [0.15, 0.2) is 18.3 Å². The second kappa shape index (κ2) is 3.07. The van der Waals surface area contributed by atoms with Crippen LogP contribution >= 0.6 is 0 Å². The highest BCUT2D eigenvalue weighted by molar-refractivity contribution is 5.38. The summed E-state index contributed by atoms with van der Waals surface area (Å²) >= 11 is 0. The Morgan fingerprint density at radius 3 is 2.85 bits per heavy atom. The molecule has 0 unspecified atom stereocenters. The number of anilines is 1. The zero-order chi connectivity index (χ0) is 9.31. The van der Waals surface area contributed by atoms with E-state index in [1.165, 1.54) is 18.7 Å². The van der Waals surface area contributed by atoms with E-state index in [0.717, 1.165) is 13.1 Å². The number of hydrogen-bond acceptors (Lipinski definition) is 2. The first kappa shape index (κ1) is 8.63. The van der Waals surface area contributed by atoms with Crippen molar-refractivity contribution in [1.82, 2.24) is 4.98 Å². The van der Waals surface area contributed by atoms with Gasteiger partial charge in [-0.05, 0) is 31.5 Å². The molecule has 2 rings (SSSR count). The highest BCUT2D eigenvalue weighted by Gasteiger charge is 2.42. The maximum absolute atomic E-state index is 5.73. The summed E-state index contributed by atoms with van der Waals surface area (Å²) in [5, 5.41) is 0. The van der Waals surface area contributed by atoms with Gasteiger partial charge in [-0.2, -0.15) is 0 Å². The smallest absolute Gasteiger partial charge is 0.105 e. The van der Waals surface area contributed by atoms with Gasteiger partial charge in [0.15, 0.2) is 0 Å². The summed E-state index contributed by atoms with van der Waals surface area (Å²) in [5.74, 6) is 1.18. The average molecular weight is 179 g/mol. The summed E-state index contributed by atoms with van der Waals surface area (Å²) in [6.45, 7) is 1.89. The monoisotopic (exact) mass is 179 g/mol. The maximum Gasteiger partial charge on any atom is 0.105 e. The van der Waals surface area contributed by atoms with E-state index in [2.05, 4.69) is 23.0 Å². The second-order valence-electron chi connectivity index (χ2n) is 4.12. The van der Waals surface area contributed by atoms with Crippen LogP contribution in [0.1, 0.15) is 12.8 Å². The number of nitrogens with one attached hydrogen (secondary N) is 1. The van der Waals surface area contributed by atoms with E-state index in [-0.39, 0.29) is 0 Å². The lowest BCUT2D eigenvalue weighted by atomic mass is 10.1. The minimum Gasteiger partial charge on any atom is -0.361 e. The molecule has 0 aliphatic heterocycles. The predicted molar refractivity (Wildman–Crippen MR) is 54.8 cm³/mol. The predicted octanol–water partition coefficient (Wildman–Crippen LogP) is 1.19. The maximum atomic E-state index is 5.73. The summed E-state index contributed by atoms with van der Waals surface area (Å²) in [7, 11) is 2.11. The molecule has 1 aromatic rings. The summed E-state index contributed by atoms with van der Waals surface area (Å²) in [4.78, 5) is 5.45. The Bertz CT molecular complexity index is 262. The van der Waals surface area contributed by atoms with E-state index in [1.54, 1.807) is 0 Å². The summed E-state index contributed by atoms with van der Waals surface area (Å²) < 4.78 is 0. The topological polar surface area (TPSA) is 45.0 Å². The highest BCUT2D eigenvalue weighted by atomic mass is 15.2. The number of rotatable bonds is 4. The van der Waals surface area contributed by atoms with Crippen LogP contribution in [0, 0.1) is 5.41 Å². The lowest BCUT2D eigenvalue weighted by Gasteiger charge is -2.23. The first-order valence-electron chi connectivity index (χ1n) is 4.80. The summed E-state index contributed by atoms with van der Waals surface area (Å²) in [6.07, 6.45) is 4.52. The van der Waals surface area contributed by atoms with Gasteiger partial charge in [-0.15, -0.1) is 0 Å². The minimum atomic E-state index is 0.417. The number of nitrogens with two attached hydrogens (primary N) is 1. The number of H-pyrrole nitrogens is 1. The molecule has 1 aliphatic rings. The number of aromatic amines is 1. The standard InChI is InChI=1S/C10H17N3/c1-13(9-3-2-6-12-9)8-10(7-11)4-5-10/h2-3,6,12H,4-5,7-8,11H2,1H3. The lowest BCUT2D eigenvalue weighted by Crippen LogP contribution is -2.31. The van der Waals surface area contributed by atoms with Gasteiger partial charge >= 0.3 is 0 Å². The molecule has 0 radical (unpaired) electrons. The molecular weight excluding hydrogens is 162 g/mol. The molecule has 0 saturated heterocycles. The van der Waals surface area contributed by atoms with Crippen LogP contribution in [-0.4, -0.2) is 25.1 Å². The van der Waals surface area contributed by atoms with Crippen molar-refractivity contribution in [2.45, 2.75) is 12.8 Å². The van der Waals surface area contributed by atoms with E-state index in [9.17, 15) is 0 Å². The molecule has 0 atom stereocenters. The van der Waals surface area contributed by atoms with E-state index in [0.29, 0.717) is 5.41 Å². The molecule has 1 aromatic heterocycles. The van der Waals surface area contributed by atoms with Crippen LogP contribution in [0.5, 0.6) is 0 Å². The minimum absolute atomic E-state index is 0.417. The van der Waals surface area contributed by atoms with Crippen molar-refractivity contribution in [3.63, 3.8) is 0 Å². The van der Waals surface area contributed by atoms with Crippen molar-refractivity contribution < 1.29 is 0 Å². The third-order valence-corrected chi connectivity index (χ3v) is 2.96. The van der Waals surface area contributed by atoms with Gasteiger partial charge in [0.25, 0.3) is 0 Å². The second-order valence-corrected chi connectivity index (χ2v) is 4.12. The number of nitrogens with zero attached hydrogens (tertiary/aromatic N) is 1. The third kappa shape index (κ3) is 1.70. The van der Waals surface area contributed by atoms with E-state index in [1.807, 2.05) is 12.3 Å². The van der Waals surface area contributed by atoms with Gasteiger partial charge in [0.1, 0.15) is 5.82 Å². The van der Waals surface area contributed by atoms with Gasteiger partial charge in [0.2, 0.25) is 0 Å². The third-order valence-electron chi connectivity index (χ3n) is 2.96. The van der Waals surface area contributed by atoms with Crippen LogP contribution in [-0.2, 0) is 0 Å². The molecule has 0 amide bonds. The SMILES string of the molecule is CN(CC1(CN)CC1)c1ccc[nH]1. The van der Waals surface area contributed by atoms with E-state index >= 15 is 0 Å². The fourth-order valence-corrected chi connectivity index (χ4v) is 1.75. The van der Waals surface area contributed by atoms with E-state index < -0.39 is 0 Å². The quantitative estimate of drug-likeness (QED) is 0.729. The fourth-order valence-electron chi connectivity index (χ4n) is 1.75. The molecule has 1 saturated carbocycles. The summed E-state index contributed by atoms with van der Waals surface area (Å²) in [5.41, 5.74) is 6.15. The van der Waals surface area contributed by atoms with Crippen LogP contribution < -0.4 is 10.6 Å². The molecule has 3 N–H and O–H groups in total. The molecular formula is C10H17N3. The lowest BCUT2D eigenvalue weighted by molar-refractivity contribution is 0.522. The molecule has 13 heavy (non-hydrogen) atoms. The molecule has 3 nitrogen and oxygen atoms in total. The molecule has 1 aliphatic carbocycles. The Hall–Kier alpha value is -0.960. The molecule has 0 spiro atoms. The first-order chi connectivity index (χ1) is 6.26.